The van der Waals surface area contributed by atoms with E-state index in [0.717, 1.165) is 5.56 Å². The molecule has 4 aliphatic heterocycles. The lowest BCUT2D eigenvalue weighted by Gasteiger charge is -2.36. The van der Waals surface area contributed by atoms with Crippen LogP contribution in [0.4, 0.5) is 10.5 Å². The highest BCUT2D eigenvalue weighted by Gasteiger charge is 2.44. The van der Waals surface area contributed by atoms with Gasteiger partial charge in [-0.3, -0.25) is 9.59 Å². The van der Waals surface area contributed by atoms with Crippen LogP contribution in [0.3, 0.4) is 0 Å². The second kappa shape index (κ2) is 15.1. The first kappa shape index (κ1) is 35.8. The van der Waals surface area contributed by atoms with E-state index in [9.17, 15) is 27.9 Å². The van der Waals surface area contributed by atoms with E-state index in [1.807, 2.05) is 44.2 Å². The lowest BCUT2D eigenvalue weighted by atomic mass is 10.00. The summed E-state index contributed by atoms with van der Waals surface area (Å²) in [5, 5.41) is 17.2. The lowest BCUT2D eigenvalue weighted by Crippen LogP contribution is -2.51. The average Bonchev–Trinajstić information content (AvgIpc) is 3.77. The zero-order chi connectivity index (χ0) is 35.6. The van der Waals surface area contributed by atoms with Gasteiger partial charge in [0.1, 0.15) is 6.10 Å². The van der Waals surface area contributed by atoms with Crippen LogP contribution in [0.2, 0.25) is 0 Å². The van der Waals surface area contributed by atoms with Gasteiger partial charge in [0.15, 0.2) is 6.29 Å². The molecule has 3 fully saturated rings. The summed E-state index contributed by atoms with van der Waals surface area (Å²) in [6.45, 7) is 5.01. The number of alkyl carbamates (subject to hydrolysis) is 1. The van der Waals surface area contributed by atoms with E-state index in [1.165, 1.54) is 23.5 Å². The maximum absolute atomic E-state index is 14.3. The molecule has 15 heteroatoms. The van der Waals surface area contributed by atoms with Gasteiger partial charge in [-0.05, 0) is 42.5 Å². The molecule has 0 saturated carbocycles. The number of benzene rings is 2. The topological polar surface area (TPSA) is 173 Å². The molecule has 0 spiro atoms. The molecule has 2 unspecified atom stereocenters. The van der Waals surface area contributed by atoms with E-state index in [0.29, 0.717) is 37.4 Å². The zero-order valence-electron chi connectivity index (χ0n) is 28.3. The first-order chi connectivity index (χ1) is 23.9. The van der Waals surface area contributed by atoms with E-state index in [2.05, 4.69) is 10.6 Å². The Morgan fingerprint density at radius 1 is 1.14 bits per heavy atom. The van der Waals surface area contributed by atoms with Crippen LogP contribution in [0.15, 0.2) is 59.6 Å². The third kappa shape index (κ3) is 7.81. The molecule has 14 nitrogen and oxygen atoms in total. The molecular weight excluding hydrogens is 668 g/mol. The zero-order valence-corrected chi connectivity index (χ0v) is 29.1. The number of carbonyl (C=O) groups excluding carboxylic acids is 3. The molecule has 0 radical (unpaired) electrons. The van der Waals surface area contributed by atoms with Crippen molar-refractivity contribution in [1.82, 2.24) is 14.5 Å². The highest BCUT2D eigenvalue weighted by Crippen LogP contribution is 2.36. The second-order valence-corrected chi connectivity index (χ2v) is 15.5. The molecule has 2 aromatic carbocycles. The van der Waals surface area contributed by atoms with Gasteiger partial charge in [0.2, 0.25) is 10.0 Å². The van der Waals surface area contributed by atoms with Gasteiger partial charge in [-0.15, -0.1) is 0 Å². The normalized spacial score (nSPS) is 23.7. The van der Waals surface area contributed by atoms with Crippen molar-refractivity contribution in [3.63, 3.8) is 0 Å². The summed E-state index contributed by atoms with van der Waals surface area (Å²) in [7, 11) is -2.87. The maximum atomic E-state index is 14.3. The molecule has 0 bridgehead atoms. The predicted octanol–water partition coefficient (Wildman–Crippen LogP) is 2.19. The average molecular weight is 713 g/mol. The van der Waals surface area contributed by atoms with E-state index < -0.39 is 40.7 Å². The number of methoxy groups -OCH3 is 1. The molecule has 5 atom stereocenters. The fraction of sp³-hybridized carbons (Fsp3) is 0.514. The van der Waals surface area contributed by atoms with Crippen molar-refractivity contribution in [1.29, 1.82) is 0 Å². The van der Waals surface area contributed by atoms with Gasteiger partial charge in [0, 0.05) is 43.6 Å². The number of carbonyl (C=O) groups is 3. The summed E-state index contributed by atoms with van der Waals surface area (Å²) in [5.41, 5.74) is 2.00. The minimum absolute atomic E-state index is 0.0518. The van der Waals surface area contributed by atoms with Gasteiger partial charge in [-0.25, -0.2) is 13.2 Å². The van der Waals surface area contributed by atoms with Crippen LogP contribution < -0.4 is 10.6 Å². The van der Waals surface area contributed by atoms with Crippen molar-refractivity contribution in [3.05, 3.63) is 65.9 Å². The maximum Gasteiger partial charge on any atom is 0.407 e. The van der Waals surface area contributed by atoms with Gasteiger partial charge < -0.3 is 39.6 Å². The van der Waals surface area contributed by atoms with Crippen LogP contribution in [-0.4, -0.2) is 112 Å². The first-order valence-electron chi connectivity index (χ1n) is 16.8. The van der Waals surface area contributed by atoms with Crippen molar-refractivity contribution in [2.45, 2.75) is 56.1 Å². The quantitative estimate of drug-likeness (QED) is 0.205. The number of aliphatic hydroxyl groups excluding tert-OH is 1. The number of ether oxygens (including phenoxy) is 4. The molecule has 3 N–H and O–H groups in total. The smallest absolute Gasteiger partial charge is 0.407 e. The largest absolute Gasteiger partial charge is 0.469 e. The van der Waals surface area contributed by atoms with Crippen LogP contribution in [0.1, 0.15) is 31.4 Å². The Morgan fingerprint density at radius 2 is 1.90 bits per heavy atom. The number of likely N-dealkylation sites (tertiary alicyclic amines) is 1. The van der Waals surface area contributed by atoms with Gasteiger partial charge in [0.25, 0.3) is 5.91 Å². The molecule has 50 heavy (non-hydrogen) atoms. The van der Waals surface area contributed by atoms with Crippen molar-refractivity contribution in [2.24, 2.45) is 17.8 Å². The van der Waals surface area contributed by atoms with Crippen LogP contribution in [0, 0.1) is 17.8 Å². The van der Waals surface area contributed by atoms with Gasteiger partial charge in [0.05, 0.1) is 54.8 Å². The molecule has 2 amide bonds. The van der Waals surface area contributed by atoms with Crippen molar-refractivity contribution >= 4 is 39.3 Å². The van der Waals surface area contributed by atoms with E-state index in [-0.39, 0.29) is 66.2 Å². The summed E-state index contributed by atoms with van der Waals surface area (Å²) >= 11 is 0. The van der Waals surface area contributed by atoms with Crippen LogP contribution in [0.5, 0.6) is 0 Å². The molecule has 4 aliphatic rings. The number of amides is 2. The number of aliphatic hydroxyl groups is 1. The van der Waals surface area contributed by atoms with E-state index >= 15 is 0 Å². The Labute approximate surface area is 291 Å². The number of esters is 1. The van der Waals surface area contributed by atoms with Crippen molar-refractivity contribution < 1.29 is 46.9 Å². The van der Waals surface area contributed by atoms with Gasteiger partial charge in [-0.1, -0.05) is 44.2 Å². The number of anilines is 1. The second-order valence-electron chi connectivity index (χ2n) is 13.6. The monoisotopic (exact) mass is 712 g/mol. The van der Waals surface area contributed by atoms with Gasteiger partial charge in [-0.2, -0.15) is 4.31 Å². The Kier molecular flexibility index (Phi) is 10.8. The molecule has 0 aromatic heterocycles. The molecule has 4 heterocycles. The van der Waals surface area contributed by atoms with Crippen molar-refractivity contribution in [3.8, 4) is 0 Å². The van der Waals surface area contributed by atoms with Crippen LogP contribution in [0.25, 0.3) is 5.57 Å². The van der Waals surface area contributed by atoms with Crippen molar-refractivity contribution in [2.75, 3.05) is 51.8 Å². The van der Waals surface area contributed by atoms with E-state index in [1.54, 1.807) is 17.2 Å². The minimum atomic E-state index is -4.20. The third-order valence-corrected chi connectivity index (χ3v) is 11.3. The molecule has 3 saturated heterocycles. The fourth-order valence-electron chi connectivity index (χ4n) is 6.76. The summed E-state index contributed by atoms with van der Waals surface area (Å²) < 4.78 is 51.4. The fourth-order valence-corrected chi connectivity index (χ4v) is 8.41. The molecule has 2 aromatic rings. The Hall–Kier alpha value is -4.02. The standard InChI is InChI=1S/C35H44N4O10S/c1-21(2)15-39(50(44,45)24-9-10-28-26(14-24)27(32(41)36-28)18-38-16-23(17-38)33(42)46-3)19-30(40)29(13-22-7-5-4-6-8-22)37-35(43)49-31-20-48-34-25(31)11-12-47-34/h4-10,14,18,21,23,25,29-31,34,40H,11-13,15-17,19-20H2,1-3H3,(H,36,41)(H,37,43)/b27-18-/t25?,29-,30+,31-,34?/m0/s1. The number of fused-ring (bicyclic) bond motifs is 2. The lowest BCUT2D eigenvalue weighted by molar-refractivity contribution is -0.150. The number of rotatable bonds is 13. The van der Waals surface area contributed by atoms with E-state index in [4.69, 9.17) is 18.9 Å². The number of hydrogen-bond donors (Lipinski definition) is 3. The SMILES string of the molecule is COC(=O)C1CN(/C=C2\C(=O)Nc3ccc(S(=O)(=O)N(CC(C)C)C[C@@H](O)[C@H](Cc4ccccc4)NC(=O)O[C@H]4COC5OCCC54)cc32)C1. The Bertz CT molecular complexity index is 1710. The minimum Gasteiger partial charge on any atom is -0.469 e. The summed E-state index contributed by atoms with van der Waals surface area (Å²) in [6, 6.07) is 12.8. The number of sulfonamides is 1. The highest BCUT2D eigenvalue weighted by atomic mass is 32.2. The molecule has 0 aliphatic carbocycles. The summed E-state index contributed by atoms with van der Waals surface area (Å²) in [6.07, 6.45) is -0.396. The summed E-state index contributed by atoms with van der Waals surface area (Å²) in [4.78, 5) is 39.6. The molecule has 270 valence electrons. The highest BCUT2D eigenvalue weighted by molar-refractivity contribution is 7.89. The Morgan fingerprint density at radius 3 is 2.62 bits per heavy atom. The predicted molar refractivity (Wildman–Crippen MR) is 181 cm³/mol. The third-order valence-electron chi connectivity index (χ3n) is 9.44. The molecule has 6 rings (SSSR count). The first-order valence-corrected chi connectivity index (χ1v) is 18.3. The van der Waals surface area contributed by atoms with Crippen LogP contribution in [-0.2, 0) is 45.0 Å². The number of nitrogens with one attached hydrogen (secondary N) is 2. The van der Waals surface area contributed by atoms with Gasteiger partial charge >= 0.3 is 12.1 Å². The van der Waals surface area contributed by atoms with Crippen LogP contribution >= 0.6 is 0 Å². The Balaban J connectivity index is 1.21. The summed E-state index contributed by atoms with van der Waals surface area (Å²) in [5.74, 6) is -1.17. The number of hydrogen-bond acceptors (Lipinski definition) is 11. The molecular formula is C35H44N4O10S. The number of nitrogens with zero attached hydrogens (tertiary/aromatic N) is 2.